The van der Waals surface area contributed by atoms with Crippen molar-refractivity contribution in [3.8, 4) is 0 Å². The Bertz CT molecular complexity index is 498. The van der Waals surface area contributed by atoms with Crippen molar-refractivity contribution < 1.29 is 9.53 Å². The Morgan fingerprint density at radius 3 is 1.44 bits per heavy atom. The predicted molar refractivity (Wildman–Crippen MR) is 175 cm³/mol. The summed E-state index contributed by atoms with van der Waals surface area (Å²) in [5.74, 6) is 0.917. The monoisotopic (exact) mass is 549 g/mol. The third kappa shape index (κ3) is 33.3. The number of carbonyl (C=O) groups excluding carboxylic acids is 1. The SMILES string of the molecule is CCCCCCCCC=CCCCCCCCCCCCCCC(=O)OCCCCCCCCCC(C)CC. The maximum absolute atomic E-state index is 11.9. The van der Waals surface area contributed by atoms with E-state index in [2.05, 4.69) is 32.9 Å². The molecule has 0 N–H and O–H groups in total. The van der Waals surface area contributed by atoms with Crippen LogP contribution in [0.2, 0.25) is 0 Å². The molecule has 0 heterocycles. The van der Waals surface area contributed by atoms with Crippen LogP contribution in [0.15, 0.2) is 12.2 Å². The van der Waals surface area contributed by atoms with Crippen molar-refractivity contribution in [2.75, 3.05) is 6.61 Å². The number of allylic oxidation sites excluding steroid dienone is 2. The van der Waals surface area contributed by atoms with E-state index in [1.165, 1.54) is 167 Å². The lowest BCUT2D eigenvalue weighted by molar-refractivity contribution is -0.143. The summed E-state index contributed by atoms with van der Waals surface area (Å²) in [4.78, 5) is 11.9. The van der Waals surface area contributed by atoms with E-state index >= 15 is 0 Å². The predicted octanol–water partition coefficient (Wildman–Crippen LogP) is 13.1. The highest BCUT2D eigenvalue weighted by Crippen LogP contribution is 2.15. The lowest BCUT2D eigenvalue weighted by Crippen LogP contribution is -2.05. The molecule has 232 valence electrons. The highest BCUT2D eigenvalue weighted by molar-refractivity contribution is 5.69. The smallest absolute Gasteiger partial charge is 0.305 e. The van der Waals surface area contributed by atoms with Crippen molar-refractivity contribution in [3.63, 3.8) is 0 Å². The summed E-state index contributed by atoms with van der Waals surface area (Å²) in [5, 5.41) is 0. The summed E-state index contributed by atoms with van der Waals surface area (Å²) in [5.41, 5.74) is 0. The van der Waals surface area contributed by atoms with Crippen LogP contribution in [-0.2, 0) is 9.53 Å². The standard InChI is InChI=1S/C37H72O2/c1-4-6-7-8-9-10-11-12-13-14-15-16-17-18-19-20-21-22-25-28-31-34-37(38)39-35-32-29-26-23-24-27-30-33-36(3)5-2/h12-13,36H,4-11,14-35H2,1-3H3. The molecule has 1 atom stereocenters. The van der Waals surface area contributed by atoms with Crippen LogP contribution in [0.3, 0.4) is 0 Å². The van der Waals surface area contributed by atoms with E-state index in [1.54, 1.807) is 0 Å². The van der Waals surface area contributed by atoms with Crippen LogP contribution in [0.5, 0.6) is 0 Å². The molecular weight excluding hydrogens is 476 g/mol. The molecule has 2 heteroatoms. The molecule has 0 radical (unpaired) electrons. The zero-order chi connectivity index (χ0) is 28.5. The molecule has 0 aromatic carbocycles. The second kappa shape index (κ2) is 33.4. The average molecular weight is 549 g/mol. The van der Waals surface area contributed by atoms with Crippen molar-refractivity contribution in [2.45, 2.75) is 207 Å². The molecule has 0 aromatic rings. The molecule has 0 bridgehead atoms. The molecule has 0 rings (SSSR count). The van der Waals surface area contributed by atoms with Gasteiger partial charge in [-0.05, 0) is 44.4 Å². The molecule has 0 aromatic heterocycles. The molecule has 39 heavy (non-hydrogen) atoms. The Balaban J connectivity index is 3.19. The highest BCUT2D eigenvalue weighted by Gasteiger charge is 2.03. The molecule has 0 saturated heterocycles. The molecule has 0 saturated carbocycles. The number of rotatable bonds is 32. The van der Waals surface area contributed by atoms with Gasteiger partial charge in [0.05, 0.1) is 6.61 Å². The molecule has 0 aliphatic heterocycles. The van der Waals surface area contributed by atoms with E-state index in [4.69, 9.17) is 4.74 Å². The van der Waals surface area contributed by atoms with E-state index in [0.29, 0.717) is 13.0 Å². The van der Waals surface area contributed by atoms with Gasteiger partial charge in [0.2, 0.25) is 0 Å². The minimum atomic E-state index is 0.0216. The minimum Gasteiger partial charge on any atom is -0.466 e. The number of ether oxygens (including phenoxy) is 1. The fourth-order valence-electron chi connectivity index (χ4n) is 5.34. The normalized spacial score (nSPS) is 12.4. The molecular formula is C37H72O2. The van der Waals surface area contributed by atoms with Crippen LogP contribution in [0, 0.1) is 5.92 Å². The first-order valence-corrected chi connectivity index (χ1v) is 18.0. The van der Waals surface area contributed by atoms with Crippen molar-refractivity contribution in [2.24, 2.45) is 5.92 Å². The largest absolute Gasteiger partial charge is 0.466 e. The Kier molecular flexibility index (Phi) is 32.7. The van der Waals surface area contributed by atoms with Crippen LogP contribution >= 0.6 is 0 Å². The highest BCUT2D eigenvalue weighted by atomic mass is 16.5. The van der Waals surface area contributed by atoms with Crippen molar-refractivity contribution in [3.05, 3.63) is 12.2 Å². The van der Waals surface area contributed by atoms with Crippen LogP contribution in [0.25, 0.3) is 0 Å². The number of hydrogen-bond donors (Lipinski definition) is 0. The molecule has 0 amide bonds. The fraction of sp³-hybridized carbons (Fsp3) is 0.919. The van der Waals surface area contributed by atoms with Gasteiger partial charge in [0.1, 0.15) is 0 Å². The summed E-state index contributed by atoms with van der Waals surface area (Å²) in [6, 6.07) is 0. The summed E-state index contributed by atoms with van der Waals surface area (Å²) in [6.07, 6.45) is 42.7. The third-order valence-corrected chi connectivity index (χ3v) is 8.44. The lowest BCUT2D eigenvalue weighted by atomic mass is 10.00. The number of carbonyl (C=O) groups is 1. The molecule has 2 nitrogen and oxygen atoms in total. The van der Waals surface area contributed by atoms with Gasteiger partial charge in [-0.25, -0.2) is 0 Å². The maximum Gasteiger partial charge on any atom is 0.305 e. The number of esters is 1. The Morgan fingerprint density at radius 2 is 0.949 bits per heavy atom. The van der Waals surface area contributed by atoms with Crippen LogP contribution in [-0.4, -0.2) is 12.6 Å². The van der Waals surface area contributed by atoms with Gasteiger partial charge in [-0.15, -0.1) is 0 Å². The number of hydrogen-bond acceptors (Lipinski definition) is 2. The minimum absolute atomic E-state index is 0.0216. The van der Waals surface area contributed by atoms with Crippen molar-refractivity contribution in [1.29, 1.82) is 0 Å². The summed E-state index contributed by atoms with van der Waals surface area (Å²) >= 11 is 0. The first kappa shape index (κ1) is 38.2. The van der Waals surface area contributed by atoms with Gasteiger partial charge in [0.25, 0.3) is 0 Å². The van der Waals surface area contributed by atoms with Gasteiger partial charge in [0, 0.05) is 6.42 Å². The van der Waals surface area contributed by atoms with E-state index in [0.717, 1.165) is 18.8 Å². The zero-order valence-corrected chi connectivity index (χ0v) is 27.3. The fourth-order valence-corrected chi connectivity index (χ4v) is 5.34. The topological polar surface area (TPSA) is 26.3 Å². The molecule has 0 fully saturated rings. The molecule has 0 aliphatic carbocycles. The second-order valence-corrected chi connectivity index (χ2v) is 12.5. The van der Waals surface area contributed by atoms with E-state index in [-0.39, 0.29) is 5.97 Å². The third-order valence-electron chi connectivity index (χ3n) is 8.44. The lowest BCUT2D eigenvalue weighted by Gasteiger charge is -2.07. The van der Waals surface area contributed by atoms with Gasteiger partial charge >= 0.3 is 5.97 Å². The summed E-state index contributed by atoms with van der Waals surface area (Å²) in [6.45, 7) is 7.57. The van der Waals surface area contributed by atoms with Crippen LogP contribution in [0.4, 0.5) is 0 Å². The molecule has 0 spiro atoms. The van der Waals surface area contributed by atoms with E-state index in [9.17, 15) is 4.79 Å². The first-order valence-electron chi connectivity index (χ1n) is 18.0. The Labute approximate surface area is 246 Å². The summed E-state index contributed by atoms with van der Waals surface area (Å²) in [7, 11) is 0. The molecule has 0 aliphatic rings. The summed E-state index contributed by atoms with van der Waals surface area (Å²) < 4.78 is 5.43. The van der Waals surface area contributed by atoms with Gasteiger partial charge in [-0.1, -0.05) is 174 Å². The molecule has 1 unspecified atom stereocenters. The average Bonchev–Trinajstić information content (AvgIpc) is 2.94. The van der Waals surface area contributed by atoms with Gasteiger partial charge in [-0.3, -0.25) is 4.79 Å². The van der Waals surface area contributed by atoms with E-state index < -0.39 is 0 Å². The van der Waals surface area contributed by atoms with E-state index in [1.807, 2.05) is 0 Å². The van der Waals surface area contributed by atoms with Gasteiger partial charge in [0.15, 0.2) is 0 Å². The van der Waals surface area contributed by atoms with Crippen molar-refractivity contribution >= 4 is 5.97 Å². The van der Waals surface area contributed by atoms with Gasteiger partial charge in [-0.2, -0.15) is 0 Å². The first-order chi connectivity index (χ1) is 19.2. The van der Waals surface area contributed by atoms with Crippen molar-refractivity contribution in [1.82, 2.24) is 0 Å². The Hall–Kier alpha value is -0.790. The maximum atomic E-state index is 11.9. The Morgan fingerprint density at radius 1 is 0.538 bits per heavy atom. The second-order valence-electron chi connectivity index (χ2n) is 12.5. The van der Waals surface area contributed by atoms with Crippen LogP contribution in [0.1, 0.15) is 207 Å². The quantitative estimate of drug-likeness (QED) is 0.0474. The number of unbranched alkanes of at least 4 members (excludes halogenated alkanes) is 23. The van der Waals surface area contributed by atoms with Gasteiger partial charge < -0.3 is 4.74 Å². The zero-order valence-electron chi connectivity index (χ0n) is 27.3. The van der Waals surface area contributed by atoms with Crippen LogP contribution < -0.4 is 0 Å².